The molecule has 3 N–H and O–H groups in total. The molecule has 7 heteroatoms. The Bertz CT molecular complexity index is 486. The topological polar surface area (TPSA) is 94.0 Å². The smallest absolute Gasteiger partial charge is 0.229 e. The minimum absolute atomic E-state index is 0. The molecule has 1 aromatic heterocycles. The third-order valence-electron chi connectivity index (χ3n) is 5.18. The number of hydrogen-bond acceptors (Lipinski definition) is 5. The summed E-state index contributed by atoms with van der Waals surface area (Å²) in [7, 11) is 0. The molecule has 1 aliphatic carbocycles. The van der Waals surface area contributed by atoms with Crippen molar-refractivity contribution in [3.05, 3.63) is 11.7 Å². The molecule has 6 nitrogen and oxygen atoms in total. The lowest BCUT2D eigenvalue weighted by Crippen LogP contribution is -2.49. The van der Waals surface area contributed by atoms with Crippen LogP contribution in [0.5, 0.6) is 0 Å². The first kappa shape index (κ1) is 19.9. The Morgan fingerprint density at radius 3 is 2.35 bits per heavy atom. The maximum absolute atomic E-state index is 12.5. The summed E-state index contributed by atoms with van der Waals surface area (Å²) >= 11 is 0. The molecule has 0 aliphatic heterocycles. The maximum atomic E-state index is 12.5. The van der Waals surface area contributed by atoms with Crippen molar-refractivity contribution in [3.8, 4) is 0 Å². The van der Waals surface area contributed by atoms with E-state index in [1.807, 2.05) is 20.8 Å². The normalized spacial score (nSPS) is 21.6. The highest BCUT2D eigenvalue weighted by Crippen LogP contribution is 2.33. The Morgan fingerprint density at radius 2 is 1.91 bits per heavy atom. The number of nitrogens with zero attached hydrogens (tertiary/aromatic N) is 2. The first-order chi connectivity index (χ1) is 10.5. The predicted octanol–water partition coefficient (Wildman–Crippen LogP) is 2.71. The van der Waals surface area contributed by atoms with Gasteiger partial charge in [-0.05, 0) is 45.4 Å². The van der Waals surface area contributed by atoms with E-state index in [2.05, 4.69) is 15.5 Å². The summed E-state index contributed by atoms with van der Waals surface area (Å²) in [6.07, 6.45) is 5.41. The second kappa shape index (κ2) is 8.64. The fourth-order valence-corrected chi connectivity index (χ4v) is 3.25. The number of aryl methyl sites for hydroxylation is 1. The van der Waals surface area contributed by atoms with Crippen molar-refractivity contribution in [1.82, 2.24) is 15.5 Å². The van der Waals surface area contributed by atoms with Gasteiger partial charge in [0.05, 0.1) is 5.41 Å². The van der Waals surface area contributed by atoms with E-state index in [1.54, 1.807) is 0 Å². The molecule has 132 valence electrons. The quantitative estimate of drug-likeness (QED) is 0.827. The number of carbonyl (C=O) groups is 1. The summed E-state index contributed by atoms with van der Waals surface area (Å²) in [5, 5.41) is 7.06. The fourth-order valence-electron chi connectivity index (χ4n) is 3.25. The van der Waals surface area contributed by atoms with Gasteiger partial charge in [-0.2, -0.15) is 4.98 Å². The van der Waals surface area contributed by atoms with Crippen LogP contribution in [0, 0.1) is 12.3 Å². The highest BCUT2D eigenvalue weighted by molar-refractivity contribution is 5.85. The van der Waals surface area contributed by atoms with Crippen LogP contribution in [0.3, 0.4) is 0 Å². The zero-order chi connectivity index (χ0) is 16.2. The molecule has 2 rings (SSSR count). The van der Waals surface area contributed by atoms with Gasteiger partial charge >= 0.3 is 0 Å². The molecule has 0 bridgehead atoms. The highest BCUT2D eigenvalue weighted by atomic mass is 35.5. The first-order valence-corrected chi connectivity index (χ1v) is 8.36. The molecule has 1 fully saturated rings. The Labute approximate surface area is 144 Å². The van der Waals surface area contributed by atoms with Crippen LogP contribution in [0.25, 0.3) is 0 Å². The van der Waals surface area contributed by atoms with Crippen LogP contribution in [-0.4, -0.2) is 28.6 Å². The second-order valence-corrected chi connectivity index (χ2v) is 6.39. The van der Waals surface area contributed by atoms with Gasteiger partial charge < -0.3 is 15.6 Å². The number of carbonyl (C=O) groups excluding carboxylic acids is 1. The summed E-state index contributed by atoms with van der Waals surface area (Å²) in [6.45, 7) is 6.30. The van der Waals surface area contributed by atoms with Gasteiger partial charge in [0.1, 0.15) is 0 Å². The van der Waals surface area contributed by atoms with Crippen molar-refractivity contribution in [2.75, 3.05) is 6.54 Å². The lowest BCUT2D eigenvalue weighted by atomic mass is 9.80. The number of aromatic nitrogens is 2. The Kier molecular flexibility index (Phi) is 7.48. The summed E-state index contributed by atoms with van der Waals surface area (Å²) in [5.41, 5.74) is 5.43. The van der Waals surface area contributed by atoms with Crippen LogP contribution in [-0.2, 0) is 4.79 Å². The van der Waals surface area contributed by atoms with Crippen molar-refractivity contribution in [1.29, 1.82) is 0 Å². The van der Waals surface area contributed by atoms with Gasteiger partial charge in [0, 0.05) is 18.5 Å². The zero-order valence-corrected chi connectivity index (χ0v) is 15.1. The van der Waals surface area contributed by atoms with Gasteiger partial charge in [-0.3, -0.25) is 4.79 Å². The van der Waals surface area contributed by atoms with E-state index in [0.29, 0.717) is 18.3 Å². The van der Waals surface area contributed by atoms with Crippen molar-refractivity contribution in [2.24, 2.45) is 11.1 Å². The summed E-state index contributed by atoms with van der Waals surface area (Å²) < 4.78 is 5.26. The number of halogens is 1. The molecule has 0 spiro atoms. The van der Waals surface area contributed by atoms with E-state index < -0.39 is 5.41 Å². The molecule has 1 aliphatic rings. The zero-order valence-electron chi connectivity index (χ0n) is 14.3. The van der Waals surface area contributed by atoms with Crippen molar-refractivity contribution >= 4 is 18.3 Å². The van der Waals surface area contributed by atoms with E-state index in [1.165, 1.54) is 0 Å². The molecule has 1 amide bonds. The Hall–Kier alpha value is -1.14. The van der Waals surface area contributed by atoms with E-state index in [4.69, 9.17) is 10.3 Å². The third kappa shape index (κ3) is 4.44. The molecule has 0 atom stereocenters. The van der Waals surface area contributed by atoms with Crippen LogP contribution >= 0.6 is 12.4 Å². The number of hydrogen-bond donors (Lipinski definition) is 2. The predicted molar refractivity (Wildman–Crippen MR) is 91.5 cm³/mol. The van der Waals surface area contributed by atoms with Crippen molar-refractivity contribution in [3.63, 3.8) is 0 Å². The van der Waals surface area contributed by atoms with Gasteiger partial charge in [-0.15, -0.1) is 12.4 Å². The standard InChI is InChI=1S/C16H28N4O2.ClH/c1-4-16(5-2,10-17)15(21)19-13-8-6-12(7-9-13)14-18-11(3)20-22-14;/h12-13H,4-10,17H2,1-3H3,(H,19,21);1H. The van der Waals surface area contributed by atoms with E-state index >= 15 is 0 Å². The van der Waals surface area contributed by atoms with E-state index in [-0.39, 0.29) is 24.4 Å². The SMILES string of the molecule is CCC(CC)(CN)C(=O)NC1CCC(c2nc(C)no2)CC1.Cl. The summed E-state index contributed by atoms with van der Waals surface area (Å²) in [4.78, 5) is 16.9. The van der Waals surface area contributed by atoms with Crippen LogP contribution in [0.2, 0.25) is 0 Å². The summed E-state index contributed by atoms with van der Waals surface area (Å²) in [6, 6.07) is 0.233. The number of nitrogens with two attached hydrogens (primary N) is 1. The van der Waals surface area contributed by atoms with Crippen LogP contribution in [0.15, 0.2) is 4.52 Å². The lowest BCUT2D eigenvalue weighted by Gasteiger charge is -2.33. The lowest BCUT2D eigenvalue weighted by molar-refractivity contribution is -0.132. The Balaban J connectivity index is 0.00000264. The monoisotopic (exact) mass is 344 g/mol. The van der Waals surface area contributed by atoms with Gasteiger partial charge in [-0.1, -0.05) is 19.0 Å². The molecule has 23 heavy (non-hydrogen) atoms. The van der Waals surface area contributed by atoms with E-state index in [0.717, 1.165) is 44.4 Å². The summed E-state index contributed by atoms with van der Waals surface area (Å²) in [5.74, 6) is 1.85. The van der Waals surface area contributed by atoms with Crippen LogP contribution in [0.1, 0.15) is 70.0 Å². The van der Waals surface area contributed by atoms with Gasteiger partial charge in [-0.25, -0.2) is 0 Å². The van der Waals surface area contributed by atoms with E-state index in [9.17, 15) is 4.79 Å². The molecule has 0 unspecified atom stereocenters. The minimum Gasteiger partial charge on any atom is -0.353 e. The third-order valence-corrected chi connectivity index (χ3v) is 5.18. The molecule has 0 saturated heterocycles. The maximum Gasteiger partial charge on any atom is 0.229 e. The number of rotatable bonds is 6. The molecular weight excluding hydrogens is 316 g/mol. The number of nitrogens with one attached hydrogen (secondary N) is 1. The van der Waals surface area contributed by atoms with Gasteiger partial charge in [0.25, 0.3) is 0 Å². The molecule has 1 saturated carbocycles. The van der Waals surface area contributed by atoms with Crippen molar-refractivity contribution < 1.29 is 9.32 Å². The fraction of sp³-hybridized carbons (Fsp3) is 0.812. The van der Waals surface area contributed by atoms with Crippen LogP contribution in [0.4, 0.5) is 0 Å². The molecular formula is C16H29ClN4O2. The molecule has 0 aromatic carbocycles. The molecule has 1 heterocycles. The van der Waals surface area contributed by atoms with Gasteiger partial charge in [0.2, 0.25) is 11.8 Å². The average molecular weight is 345 g/mol. The highest BCUT2D eigenvalue weighted by Gasteiger charge is 2.35. The second-order valence-electron chi connectivity index (χ2n) is 6.39. The Morgan fingerprint density at radius 1 is 1.30 bits per heavy atom. The molecule has 0 radical (unpaired) electrons. The van der Waals surface area contributed by atoms with Crippen LogP contribution < -0.4 is 11.1 Å². The van der Waals surface area contributed by atoms with Gasteiger partial charge in [0.15, 0.2) is 5.82 Å². The minimum atomic E-state index is -0.416. The first-order valence-electron chi connectivity index (χ1n) is 8.36. The van der Waals surface area contributed by atoms with Crippen molar-refractivity contribution in [2.45, 2.75) is 71.3 Å². The number of amides is 1. The largest absolute Gasteiger partial charge is 0.353 e. The average Bonchev–Trinajstić information content (AvgIpc) is 2.97. The molecule has 1 aromatic rings.